The molecule has 1 spiro atoms. The highest BCUT2D eigenvalue weighted by Gasteiger charge is 2.49. The van der Waals surface area contributed by atoms with Gasteiger partial charge in [0.1, 0.15) is 5.57 Å². The van der Waals surface area contributed by atoms with Crippen LogP contribution >= 0.6 is 11.6 Å². The molecule has 2 aromatic carbocycles. The van der Waals surface area contributed by atoms with Crippen LogP contribution in [0.1, 0.15) is 54.4 Å². The number of aliphatic hydroxyl groups is 1. The fourth-order valence-corrected chi connectivity index (χ4v) is 4.77. The summed E-state index contributed by atoms with van der Waals surface area (Å²) in [5.74, 6) is -0.367. The molecular weight excluding hydrogens is 372 g/mol. The van der Waals surface area contributed by atoms with Gasteiger partial charge in [-0.2, -0.15) is 0 Å². The summed E-state index contributed by atoms with van der Waals surface area (Å²) < 4.78 is 5.71. The predicted molar refractivity (Wildman–Crippen MR) is 113 cm³/mol. The van der Waals surface area contributed by atoms with E-state index < -0.39 is 11.6 Å². The smallest absolute Gasteiger partial charge is 0.343 e. The van der Waals surface area contributed by atoms with Crippen LogP contribution in [0.5, 0.6) is 0 Å². The van der Waals surface area contributed by atoms with Crippen molar-refractivity contribution in [2.45, 2.75) is 58.5 Å². The highest BCUT2D eigenvalue weighted by Crippen LogP contribution is 2.46. The maximum Gasteiger partial charge on any atom is 0.343 e. The third-order valence-corrected chi connectivity index (χ3v) is 6.61. The Morgan fingerprint density at radius 3 is 2.39 bits per heavy atom. The second-order valence-electron chi connectivity index (χ2n) is 8.06. The number of hydrogen-bond acceptors (Lipinski definition) is 3. The van der Waals surface area contributed by atoms with E-state index in [9.17, 15) is 9.90 Å². The molecule has 1 aliphatic carbocycles. The monoisotopic (exact) mass is 396 g/mol. The Balaban J connectivity index is 1.83. The molecule has 3 nitrogen and oxygen atoms in total. The van der Waals surface area contributed by atoms with Crippen LogP contribution in [0, 0.1) is 20.8 Å². The second kappa shape index (κ2) is 6.97. The van der Waals surface area contributed by atoms with E-state index in [0.717, 1.165) is 36.0 Å². The fourth-order valence-electron chi connectivity index (χ4n) is 4.50. The molecule has 146 valence electrons. The highest BCUT2D eigenvalue weighted by molar-refractivity contribution is 6.34. The first-order chi connectivity index (χ1) is 13.3. The molecule has 28 heavy (non-hydrogen) atoms. The van der Waals surface area contributed by atoms with E-state index in [-0.39, 0.29) is 11.3 Å². The van der Waals surface area contributed by atoms with E-state index in [1.54, 1.807) is 6.07 Å². The third-order valence-electron chi connectivity index (χ3n) is 6.30. The van der Waals surface area contributed by atoms with E-state index >= 15 is 0 Å². The van der Waals surface area contributed by atoms with E-state index in [2.05, 4.69) is 26.0 Å². The normalized spacial score (nSPS) is 18.6. The minimum Gasteiger partial charge on any atom is -0.507 e. The molecule has 4 heteroatoms. The van der Waals surface area contributed by atoms with Gasteiger partial charge in [0.05, 0.1) is 0 Å². The van der Waals surface area contributed by atoms with Crippen molar-refractivity contribution in [1.82, 2.24) is 0 Å². The fraction of sp³-hybridized carbons (Fsp3) is 0.375. The average Bonchev–Trinajstić information content (AvgIpc) is 2.89. The molecule has 0 amide bonds. The first-order valence-electron chi connectivity index (χ1n) is 9.88. The summed E-state index contributed by atoms with van der Waals surface area (Å²) in [6.45, 7) is 6.11. The van der Waals surface area contributed by atoms with Crippen LogP contribution in [0.3, 0.4) is 0 Å². The molecule has 1 saturated carbocycles. The Morgan fingerprint density at radius 1 is 0.964 bits per heavy atom. The molecular formula is C24H25ClO3. The van der Waals surface area contributed by atoms with Crippen LogP contribution < -0.4 is 0 Å². The Bertz CT molecular complexity index is 997. The minimum atomic E-state index is -0.838. The number of esters is 1. The van der Waals surface area contributed by atoms with Gasteiger partial charge in [-0.15, -0.1) is 0 Å². The summed E-state index contributed by atoms with van der Waals surface area (Å²) in [6, 6.07) is 9.95. The lowest BCUT2D eigenvalue weighted by Crippen LogP contribution is -2.34. The van der Waals surface area contributed by atoms with Gasteiger partial charge >= 0.3 is 5.97 Å². The number of benzene rings is 2. The molecule has 1 aliphatic heterocycles. The molecule has 1 N–H and O–H groups in total. The van der Waals surface area contributed by atoms with Crippen molar-refractivity contribution >= 4 is 23.1 Å². The Kier molecular flexibility index (Phi) is 4.75. The maximum atomic E-state index is 12.7. The van der Waals surface area contributed by atoms with Crippen molar-refractivity contribution in [2.75, 3.05) is 0 Å². The third kappa shape index (κ3) is 2.93. The van der Waals surface area contributed by atoms with Crippen LogP contribution in [-0.4, -0.2) is 16.7 Å². The summed E-state index contributed by atoms with van der Waals surface area (Å²) in [5.41, 5.74) is 5.38. The summed E-state index contributed by atoms with van der Waals surface area (Å²) in [4.78, 5) is 12.7. The largest absolute Gasteiger partial charge is 0.507 e. The number of carbonyl (C=O) groups is 1. The molecule has 0 atom stereocenters. The van der Waals surface area contributed by atoms with Gasteiger partial charge in [0.2, 0.25) is 0 Å². The number of aryl methyl sites for hydroxylation is 2. The number of halogens is 1. The van der Waals surface area contributed by atoms with Crippen molar-refractivity contribution in [1.29, 1.82) is 0 Å². The average molecular weight is 397 g/mol. The van der Waals surface area contributed by atoms with Crippen molar-refractivity contribution < 1.29 is 14.6 Å². The molecule has 0 unspecified atom stereocenters. The topological polar surface area (TPSA) is 46.5 Å². The zero-order valence-electron chi connectivity index (χ0n) is 16.6. The van der Waals surface area contributed by atoms with Gasteiger partial charge in [-0.25, -0.2) is 4.79 Å². The van der Waals surface area contributed by atoms with Gasteiger partial charge in [0.15, 0.2) is 11.4 Å². The van der Waals surface area contributed by atoms with Gasteiger partial charge in [0, 0.05) is 10.6 Å². The van der Waals surface area contributed by atoms with Gasteiger partial charge in [-0.3, -0.25) is 0 Å². The van der Waals surface area contributed by atoms with E-state index in [4.69, 9.17) is 16.3 Å². The van der Waals surface area contributed by atoms with Crippen LogP contribution in [0.15, 0.2) is 36.1 Å². The van der Waals surface area contributed by atoms with E-state index in [1.807, 2.05) is 19.1 Å². The zero-order valence-corrected chi connectivity index (χ0v) is 17.3. The minimum absolute atomic E-state index is 0.0795. The second-order valence-corrected chi connectivity index (χ2v) is 8.47. The summed E-state index contributed by atoms with van der Waals surface area (Å²) in [7, 11) is 0. The molecule has 1 fully saturated rings. The van der Waals surface area contributed by atoms with Crippen LogP contribution in [-0.2, 0) is 9.53 Å². The van der Waals surface area contributed by atoms with Crippen LogP contribution in [0.4, 0.5) is 0 Å². The Labute approximate surface area is 171 Å². The van der Waals surface area contributed by atoms with Crippen LogP contribution in [0.25, 0.3) is 16.7 Å². The molecule has 1 heterocycles. The van der Waals surface area contributed by atoms with E-state index in [1.165, 1.54) is 11.1 Å². The van der Waals surface area contributed by atoms with E-state index in [0.29, 0.717) is 23.4 Å². The lowest BCUT2D eigenvalue weighted by molar-refractivity contribution is -0.149. The molecule has 0 radical (unpaired) electrons. The van der Waals surface area contributed by atoms with Crippen molar-refractivity contribution in [3.8, 4) is 11.1 Å². The van der Waals surface area contributed by atoms with Gasteiger partial charge < -0.3 is 9.84 Å². The Hall–Kier alpha value is -2.26. The maximum absolute atomic E-state index is 12.7. The quantitative estimate of drug-likeness (QED) is 0.592. The first kappa shape index (κ1) is 19.1. The van der Waals surface area contributed by atoms with Crippen molar-refractivity contribution in [2.24, 2.45) is 0 Å². The van der Waals surface area contributed by atoms with Crippen LogP contribution in [0.2, 0.25) is 5.02 Å². The number of rotatable bonds is 2. The SMILES string of the molecule is Cc1cc(-c2cccc(C)c2C)c(Cl)cc1C1=C(O)C2(CCCCC2)OC1=O. The molecule has 2 aromatic rings. The molecule has 2 aliphatic rings. The molecule has 0 saturated heterocycles. The number of hydrogen-bond donors (Lipinski definition) is 1. The molecule has 0 aromatic heterocycles. The van der Waals surface area contributed by atoms with Crippen molar-refractivity contribution in [3.63, 3.8) is 0 Å². The Morgan fingerprint density at radius 2 is 1.68 bits per heavy atom. The summed E-state index contributed by atoms with van der Waals surface area (Å²) in [6.07, 6.45) is 4.38. The lowest BCUT2D eigenvalue weighted by atomic mass is 9.82. The lowest BCUT2D eigenvalue weighted by Gasteiger charge is -2.31. The number of ether oxygens (including phenoxy) is 1. The van der Waals surface area contributed by atoms with Gasteiger partial charge in [-0.05, 0) is 86.4 Å². The van der Waals surface area contributed by atoms with Gasteiger partial charge in [0.25, 0.3) is 0 Å². The predicted octanol–water partition coefficient (Wildman–Crippen LogP) is 6.46. The standard InChI is InChI=1S/C24H25ClO3/c1-14-8-7-9-17(16(14)3)19-12-15(2)18(13-20(19)25)21-22(26)24(28-23(21)27)10-5-4-6-11-24/h7-9,12-13,26H,4-6,10-11H2,1-3H3. The zero-order chi connectivity index (χ0) is 20.1. The number of aliphatic hydroxyl groups excluding tert-OH is 1. The van der Waals surface area contributed by atoms with Gasteiger partial charge in [-0.1, -0.05) is 36.2 Å². The molecule has 0 bridgehead atoms. The summed E-state index contributed by atoms with van der Waals surface area (Å²) >= 11 is 6.66. The van der Waals surface area contributed by atoms with Crippen molar-refractivity contribution in [3.05, 3.63) is 63.4 Å². The summed E-state index contributed by atoms with van der Waals surface area (Å²) in [5, 5.41) is 11.5. The highest BCUT2D eigenvalue weighted by atomic mass is 35.5. The number of carbonyl (C=O) groups excluding carboxylic acids is 1. The molecule has 4 rings (SSSR count). The first-order valence-corrected chi connectivity index (χ1v) is 10.3.